The summed E-state index contributed by atoms with van der Waals surface area (Å²) in [6.07, 6.45) is 0. The van der Waals surface area contributed by atoms with Crippen LogP contribution in [-0.2, 0) is 0 Å². The molecule has 2 N–H and O–H groups in total. The fourth-order valence-corrected chi connectivity index (χ4v) is 6.97. The Kier molecular flexibility index (Phi) is 9.28. The minimum absolute atomic E-state index is 0.0864. The van der Waals surface area contributed by atoms with Gasteiger partial charge < -0.3 is 15.4 Å². The fourth-order valence-electron chi connectivity index (χ4n) is 3.84. The molecular weight excluding hydrogens is 644 g/mol. The van der Waals surface area contributed by atoms with E-state index in [9.17, 15) is 9.59 Å². The lowest BCUT2D eigenvalue weighted by atomic mass is 10.1. The van der Waals surface area contributed by atoms with Crippen molar-refractivity contribution in [3.05, 3.63) is 104 Å². The zero-order valence-corrected chi connectivity index (χ0v) is 25.8. The van der Waals surface area contributed by atoms with Gasteiger partial charge in [-0.1, -0.05) is 58.2 Å². The number of amides is 2. The number of carbonyl (C=O) groups is 2. The molecule has 0 aliphatic heterocycles. The van der Waals surface area contributed by atoms with Gasteiger partial charge in [-0.3, -0.25) is 9.59 Å². The Hall–Kier alpha value is -2.98. The highest BCUT2D eigenvalue weighted by molar-refractivity contribution is 8.01. The van der Waals surface area contributed by atoms with Gasteiger partial charge in [0.25, 0.3) is 11.8 Å². The molecule has 12 heteroatoms. The van der Waals surface area contributed by atoms with Crippen LogP contribution < -0.4 is 15.4 Å². The number of halogens is 4. The zero-order chi connectivity index (χ0) is 29.1. The lowest BCUT2D eigenvalue weighted by Gasteiger charge is -2.14. The van der Waals surface area contributed by atoms with E-state index in [0.29, 0.717) is 22.3 Å². The van der Waals surface area contributed by atoms with Crippen LogP contribution in [0, 0.1) is 0 Å². The highest BCUT2D eigenvalue weighted by atomic mass is 35.5. The number of hydrogen-bond acceptors (Lipinski definition) is 6. The summed E-state index contributed by atoms with van der Waals surface area (Å²) in [5.74, 6) is -0.235. The van der Waals surface area contributed by atoms with Crippen molar-refractivity contribution in [3.63, 3.8) is 0 Å². The van der Waals surface area contributed by atoms with Gasteiger partial charge >= 0.3 is 0 Å². The molecule has 0 radical (unpaired) electrons. The van der Waals surface area contributed by atoms with Gasteiger partial charge in [-0.25, -0.2) is 4.98 Å². The molecule has 0 aliphatic rings. The number of aromatic nitrogens is 1. The van der Waals surface area contributed by atoms with E-state index in [4.69, 9.17) is 51.1 Å². The number of hydrogen-bond donors (Lipinski definition) is 2. The molecule has 0 bridgehead atoms. The Balaban J connectivity index is 1.31. The lowest BCUT2D eigenvalue weighted by molar-refractivity contribution is 0.102. The predicted octanol–water partition coefficient (Wildman–Crippen LogP) is 9.96. The van der Waals surface area contributed by atoms with Crippen LogP contribution >= 0.6 is 69.5 Å². The monoisotopic (exact) mass is 661 g/mol. The molecule has 0 saturated heterocycles. The van der Waals surface area contributed by atoms with E-state index in [-0.39, 0.29) is 26.9 Å². The summed E-state index contributed by atoms with van der Waals surface area (Å²) in [4.78, 5) is 31.8. The van der Waals surface area contributed by atoms with Crippen LogP contribution in [0.15, 0.2) is 82.0 Å². The Morgan fingerprint density at radius 2 is 1.56 bits per heavy atom. The summed E-state index contributed by atoms with van der Waals surface area (Å²) in [7, 11) is 0. The molecule has 2 amide bonds. The first-order valence-electron chi connectivity index (χ1n) is 12.1. The molecule has 208 valence electrons. The molecular formula is C29H19Cl4N3O3S2. The highest BCUT2D eigenvalue weighted by Crippen LogP contribution is 2.36. The van der Waals surface area contributed by atoms with Gasteiger partial charge in [-0.15, -0.1) is 11.3 Å². The first-order chi connectivity index (χ1) is 19.7. The van der Waals surface area contributed by atoms with Gasteiger partial charge in [0.1, 0.15) is 5.75 Å². The van der Waals surface area contributed by atoms with Crippen molar-refractivity contribution in [1.29, 1.82) is 0 Å². The van der Waals surface area contributed by atoms with Crippen molar-refractivity contribution >= 4 is 103 Å². The molecule has 1 heterocycles. The van der Waals surface area contributed by atoms with Crippen LogP contribution in [0.2, 0.25) is 20.1 Å². The minimum atomic E-state index is -0.544. The molecule has 0 fully saturated rings. The third-order valence-electron chi connectivity index (χ3n) is 5.63. The number of nitrogens with zero attached hydrogens (tertiary/aromatic N) is 1. The number of fused-ring (bicyclic) bond motifs is 1. The van der Waals surface area contributed by atoms with Gasteiger partial charge in [-0.05, 0) is 79.7 Å². The molecule has 5 rings (SSSR count). The van der Waals surface area contributed by atoms with Crippen LogP contribution in [0.5, 0.6) is 5.75 Å². The van der Waals surface area contributed by atoms with Crippen molar-refractivity contribution in [2.45, 2.75) is 16.2 Å². The van der Waals surface area contributed by atoms with Crippen LogP contribution in [-0.4, -0.2) is 23.4 Å². The van der Waals surface area contributed by atoms with E-state index in [1.165, 1.54) is 42.1 Å². The highest BCUT2D eigenvalue weighted by Gasteiger charge is 2.20. The van der Waals surface area contributed by atoms with E-state index < -0.39 is 11.8 Å². The molecule has 0 aliphatic carbocycles. The molecule has 6 nitrogen and oxygen atoms in total. The number of carbonyl (C=O) groups excluding carboxylic acids is 2. The number of nitrogens with one attached hydrogen (secondary N) is 2. The van der Waals surface area contributed by atoms with Crippen LogP contribution in [0.3, 0.4) is 0 Å². The molecule has 0 spiro atoms. The zero-order valence-electron chi connectivity index (χ0n) is 21.1. The number of rotatable bonds is 8. The minimum Gasteiger partial charge on any atom is -0.494 e. The Morgan fingerprint density at radius 3 is 2.27 bits per heavy atom. The number of anilines is 2. The number of thiazole rings is 1. The van der Waals surface area contributed by atoms with Gasteiger partial charge in [0, 0.05) is 31.2 Å². The summed E-state index contributed by atoms with van der Waals surface area (Å²) in [5.41, 5.74) is 1.84. The van der Waals surface area contributed by atoms with Gasteiger partial charge in [0.05, 0.1) is 33.1 Å². The largest absolute Gasteiger partial charge is 0.494 e. The first kappa shape index (κ1) is 29.5. The second-order valence-corrected chi connectivity index (χ2v) is 12.6. The van der Waals surface area contributed by atoms with E-state index in [1.807, 2.05) is 37.3 Å². The quantitative estimate of drug-likeness (QED) is 0.173. The Bertz CT molecular complexity index is 1760. The smallest absolute Gasteiger partial charge is 0.257 e. The molecule has 0 unspecified atom stereocenters. The second-order valence-electron chi connectivity index (χ2n) is 8.55. The summed E-state index contributed by atoms with van der Waals surface area (Å²) in [6.45, 7) is 2.55. The van der Waals surface area contributed by atoms with E-state index >= 15 is 0 Å². The van der Waals surface area contributed by atoms with Crippen molar-refractivity contribution in [3.8, 4) is 5.75 Å². The van der Waals surface area contributed by atoms with Crippen molar-refractivity contribution in [1.82, 2.24) is 4.98 Å². The standard InChI is InChI=1S/C29H19Cl4N3O3S2/c1-2-39-20-5-8-24-25(14-20)41-29(35-24)40-21-6-3-19(4-7-21)34-28(38)22-12-18(32)13-23(33)26(22)36-27(37)15-9-16(30)11-17(31)10-15/h3-14H,2H2,1H3,(H,34,38)(H,36,37). The van der Waals surface area contributed by atoms with Crippen LogP contribution in [0.1, 0.15) is 27.6 Å². The van der Waals surface area contributed by atoms with E-state index in [2.05, 4.69) is 15.6 Å². The van der Waals surface area contributed by atoms with Crippen LogP contribution in [0.25, 0.3) is 10.2 Å². The Labute approximate surface area is 263 Å². The normalized spacial score (nSPS) is 11.0. The average molecular weight is 663 g/mol. The second kappa shape index (κ2) is 12.9. The third kappa shape index (κ3) is 7.27. The van der Waals surface area contributed by atoms with E-state index in [0.717, 1.165) is 25.2 Å². The maximum Gasteiger partial charge on any atom is 0.257 e. The molecule has 1 aromatic heterocycles. The predicted molar refractivity (Wildman–Crippen MR) is 170 cm³/mol. The number of benzene rings is 4. The SMILES string of the molecule is CCOc1ccc2nc(Sc3ccc(NC(=O)c4cc(Cl)cc(Cl)c4NC(=O)c4cc(Cl)cc(Cl)c4)cc3)sc2c1. The summed E-state index contributed by atoms with van der Waals surface area (Å²) in [6, 6.07) is 20.5. The molecule has 5 aromatic rings. The van der Waals surface area contributed by atoms with E-state index in [1.54, 1.807) is 23.5 Å². The maximum atomic E-state index is 13.3. The molecule has 0 atom stereocenters. The summed E-state index contributed by atoms with van der Waals surface area (Å²) < 4.78 is 7.51. The first-order valence-corrected chi connectivity index (χ1v) is 15.2. The fraction of sp³-hybridized carbons (Fsp3) is 0.0690. The summed E-state index contributed by atoms with van der Waals surface area (Å²) >= 11 is 27.7. The van der Waals surface area contributed by atoms with Crippen molar-refractivity contribution in [2.75, 3.05) is 17.2 Å². The lowest BCUT2D eigenvalue weighted by Crippen LogP contribution is -2.19. The number of ether oxygens (including phenoxy) is 1. The molecule has 0 saturated carbocycles. The molecule has 4 aromatic carbocycles. The Morgan fingerprint density at radius 1 is 0.854 bits per heavy atom. The molecule has 41 heavy (non-hydrogen) atoms. The maximum absolute atomic E-state index is 13.3. The third-order valence-corrected chi connectivity index (χ3v) is 8.67. The van der Waals surface area contributed by atoms with Gasteiger partial charge in [0.2, 0.25) is 0 Å². The van der Waals surface area contributed by atoms with Crippen LogP contribution in [0.4, 0.5) is 11.4 Å². The average Bonchev–Trinajstić information content (AvgIpc) is 3.32. The van der Waals surface area contributed by atoms with Gasteiger partial charge in [-0.2, -0.15) is 0 Å². The summed E-state index contributed by atoms with van der Waals surface area (Å²) in [5, 5.41) is 6.43. The van der Waals surface area contributed by atoms with Gasteiger partial charge in [0.15, 0.2) is 4.34 Å². The van der Waals surface area contributed by atoms with Crippen molar-refractivity contribution in [2.24, 2.45) is 0 Å². The van der Waals surface area contributed by atoms with Crippen molar-refractivity contribution < 1.29 is 14.3 Å². The topological polar surface area (TPSA) is 80.3 Å².